The second-order valence-corrected chi connectivity index (χ2v) is 4.66. The smallest absolute Gasteiger partial charge is 0.256 e. The third-order valence-electron chi connectivity index (χ3n) is 3.23. The van der Waals surface area contributed by atoms with E-state index in [4.69, 9.17) is 5.84 Å². The number of nitrogens with one attached hydrogen (secondary N) is 3. The van der Waals surface area contributed by atoms with Crippen molar-refractivity contribution in [3.05, 3.63) is 42.5 Å². The molecule has 0 saturated carbocycles. The van der Waals surface area contributed by atoms with Crippen molar-refractivity contribution in [2.45, 2.75) is 12.5 Å². The number of hydrogen-bond acceptors (Lipinski definition) is 4. The molecule has 0 saturated heterocycles. The highest BCUT2D eigenvalue weighted by molar-refractivity contribution is 5.88. The lowest BCUT2D eigenvalue weighted by Crippen LogP contribution is -2.44. The summed E-state index contributed by atoms with van der Waals surface area (Å²) in [6.45, 7) is 0.735. The van der Waals surface area contributed by atoms with Crippen LogP contribution in [0.1, 0.15) is 6.42 Å². The van der Waals surface area contributed by atoms with E-state index in [9.17, 15) is 4.79 Å². The Hall–Kier alpha value is -2.11. The lowest BCUT2D eigenvalue weighted by Gasteiger charge is -2.18. The van der Waals surface area contributed by atoms with E-state index in [1.54, 1.807) is 0 Å². The van der Waals surface area contributed by atoms with Gasteiger partial charge in [0.05, 0.1) is 0 Å². The number of anilines is 1. The molecule has 20 heavy (non-hydrogen) atoms. The Kier molecular flexibility index (Phi) is 4.92. The van der Waals surface area contributed by atoms with Gasteiger partial charge in [-0.3, -0.25) is 10.2 Å². The molecular formula is C15H20N4O. The molecule has 0 heterocycles. The maximum absolute atomic E-state index is 11.8. The van der Waals surface area contributed by atoms with Gasteiger partial charge >= 0.3 is 0 Å². The van der Waals surface area contributed by atoms with Crippen molar-refractivity contribution in [2.75, 3.05) is 18.9 Å². The predicted molar refractivity (Wildman–Crippen MR) is 82.2 cm³/mol. The summed E-state index contributed by atoms with van der Waals surface area (Å²) in [6, 6.07) is 13.8. The van der Waals surface area contributed by atoms with Gasteiger partial charge in [-0.2, -0.15) is 0 Å². The van der Waals surface area contributed by atoms with Crippen LogP contribution in [-0.2, 0) is 4.79 Å². The molecule has 5 heteroatoms. The normalized spacial score (nSPS) is 12.1. The van der Waals surface area contributed by atoms with Crippen LogP contribution in [0.5, 0.6) is 0 Å². The highest BCUT2D eigenvalue weighted by Gasteiger charge is 2.16. The Bertz CT molecular complexity index is 585. The quantitative estimate of drug-likeness (QED) is 0.362. The van der Waals surface area contributed by atoms with Crippen LogP contribution < -0.4 is 21.9 Å². The number of hydrazine groups is 1. The molecule has 5 N–H and O–H groups in total. The first-order valence-corrected chi connectivity index (χ1v) is 6.65. The average molecular weight is 272 g/mol. The largest absolute Gasteiger partial charge is 0.374 e. The van der Waals surface area contributed by atoms with E-state index >= 15 is 0 Å². The van der Waals surface area contributed by atoms with Crippen LogP contribution in [-0.4, -0.2) is 25.5 Å². The summed E-state index contributed by atoms with van der Waals surface area (Å²) in [5, 5.41) is 8.57. The van der Waals surface area contributed by atoms with Gasteiger partial charge in [-0.25, -0.2) is 5.84 Å². The predicted octanol–water partition coefficient (Wildman–Crippen LogP) is 1.22. The van der Waals surface area contributed by atoms with Crippen molar-refractivity contribution in [3.8, 4) is 0 Å². The fourth-order valence-electron chi connectivity index (χ4n) is 2.14. The van der Waals surface area contributed by atoms with Crippen molar-refractivity contribution >= 4 is 22.4 Å². The Morgan fingerprint density at radius 1 is 1.20 bits per heavy atom. The van der Waals surface area contributed by atoms with E-state index in [0.29, 0.717) is 6.42 Å². The van der Waals surface area contributed by atoms with E-state index in [1.165, 1.54) is 5.39 Å². The summed E-state index contributed by atoms with van der Waals surface area (Å²) in [5.74, 6) is 5.01. The van der Waals surface area contributed by atoms with Gasteiger partial charge in [0.1, 0.15) is 6.04 Å². The van der Waals surface area contributed by atoms with Gasteiger partial charge in [0.25, 0.3) is 5.91 Å². The van der Waals surface area contributed by atoms with Crippen LogP contribution in [0, 0.1) is 0 Å². The van der Waals surface area contributed by atoms with E-state index in [2.05, 4.69) is 22.1 Å². The number of carbonyl (C=O) groups is 1. The fourth-order valence-corrected chi connectivity index (χ4v) is 2.14. The minimum Gasteiger partial charge on any atom is -0.374 e. The summed E-state index contributed by atoms with van der Waals surface area (Å²) in [7, 11) is 1.85. The third kappa shape index (κ3) is 3.46. The van der Waals surface area contributed by atoms with Gasteiger partial charge in [0.15, 0.2) is 0 Å². The zero-order valence-corrected chi connectivity index (χ0v) is 11.5. The van der Waals surface area contributed by atoms with Crippen LogP contribution in [0.25, 0.3) is 10.8 Å². The molecule has 0 radical (unpaired) electrons. The van der Waals surface area contributed by atoms with Crippen LogP contribution >= 0.6 is 0 Å². The monoisotopic (exact) mass is 272 g/mol. The zero-order valence-electron chi connectivity index (χ0n) is 11.5. The number of amides is 1. The first kappa shape index (κ1) is 14.3. The van der Waals surface area contributed by atoms with Crippen LogP contribution in [0.2, 0.25) is 0 Å². The van der Waals surface area contributed by atoms with Crippen molar-refractivity contribution in [1.82, 2.24) is 10.7 Å². The molecule has 2 aromatic rings. The SMILES string of the molecule is CNCCC(Nc1ccc2ccccc2c1)C(=O)NN. The maximum Gasteiger partial charge on any atom is 0.256 e. The van der Waals surface area contributed by atoms with Crippen LogP contribution in [0.3, 0.4) is 0 Å². The van der Waals surface area contributed by atoms with Gasteiger partial charge in [0.2, 0.25) is 0 Å². The number of fused-ring (bicyclic) bond motifs is 1. The van der Waals surface area contributed by atoms with Gasteiger partial charge in [0, 0.05) is 5.69 Å². The van der Waals surface area contributed by atoms with Crippen molar-refractivity contribution in [3.63, 3.8) is 0 Å². The summed E-state index contributed by atoms with van der Waals surface area (Å²) in [4.78, 5) is 11.8. The van der Waals surface area contributed by atoms with Crippen LogP contribution in [0.4, 0.5) is 5.69 Å². The highest BCUT2D eigenvalue weighted by Crippen LogP contribution is 2.19. The van der Waals surface area contributed by atoms with E-state index in [-0.39, 0.29) is 11.9 Å². The standard InChI is InChI=1S/C15H20N4O/c1-17-9-8-14(15(20)19-16)18-13-7-6-11-4-2-3-5-12(11)10-13/h2-7,10,14,17-18H,8-9,16H2,1H3,(H,19,20). The first-order chi connectivity index (χ1) is 9.74. The number of nitrogens with two attached hydrogens (primary N) is 1. The van der Waals surface area contributed by atoms with Crippen molar-refractivity contribution < 1.29 is 4.79 Å². The molecular weight excluding hydrogens is 252 g/mol. The van der Waals surface area contributed by atoms with Gasteiger partial charge in [-0.15, -0.1) is 0 Å². The highest BCUT2D eigenvalue weighted by atomic mass is 16.2. The number of carbonyl (C=O) groups excluding carboxylic acids is 1. The summed E-state index contributed by atoms with van der Waals surface area (Å²) >= 11 is 0. The van der Waals surface area contributed by atoms with E-state index in [0.717, 1.165) is 17.6 Å². The lowest BCUT2D eigenvalue weighted by atomic mass is 10.1. The summed E-state index contributed by atoms with van der Waals surface area (Å²) in [6.07, 6.45) is 0.659. The molecule has 0 spiro atoms. The molecule has 0 aliphatic heterocycles. The number of hydrogen-bond donors (Lipinski definition) is 4. The summed E-state index contributed by atoms with van der Waals surface area (Å²) in [5.41, 5.74) is 3.11. The number of benzene rings is 2. The van der Waals surface area contributed by atoms with Gasteiger partial charge < -0.3 is 10.6 Å². The molecule has 1 unspecified atom stereocenters. The molecule has 2 rings (SSSR count). The maximum atomic E-state index is 11.8. The zero-order chi connectivity index (χ0) is 14.4. The van der Waals surface area contributed by atoms with Gasteiger partial charge in [-0.1, -0.05) is 30.3 Å². The third-order valence-corrected chi connectivity index (χ3v) is 3.23. The van der Waals surface area contributed by atoms with Gasteiger partial charge in [-0.05, 0) is 42.9 Å². The van der Waals surface area contributed by atoms with E-state index in [1.807, 2.05) is 43.4 Å². The Morgan fingerprint density at radius 2 is 1.95 bits per heavy atom. The Morgan fingerprint density at radius 3 is 2.65 bits per heavy atom. The second kappa shape index (κ2) is 6.88. The second-order valence-electron chi connectivity index (χ2n) is 4.66. The molecule has 0 aliphatic rings. The topological polar surface area (TPSA) is 79.2 Å². The minimum absolute atomic E-state index is 0.214. The molecule has 1 atom stereocenters. The lowest BCUT2D eigenvalue weighted by molar-refractivity contribution is -0.122. The molecule has 0 aliphatic carbocycles. The molecule has 0 bridgehead atoms. The molecule has 1 amide bonds. The molecule has 0 fully saturated rings. The number of rotatable bonds is 6. The molecule has 5 nitrogen and oxygen atoms in total. The Labute approximate surface area is 118 Å². The van der Waals surface area contributed by atoms with Crippen molar-refractivity contribution in [2.24, 2.45) is 5.84 Å². The average Bonchev–Trinajstić information content (AvgIpc) is 2.50. The minimum atomic E-state index is -0.353. The Balaban J connectivity index is 2.16. The van der Waals surface area contributed by atoms with E-state index < -0.39 is 0 Å². The first-order valence-electron chi connectivity index (χ1n) is 6.65. The summed E-state index contributed by atoms with van der Waals surface area (Å²) < 4.78 is 0. The molecule has 106 valence electrons. The van der Waals surface area contributed by atoms with Crippen LogP contribution in [0.15, 0.2) is 42.5 Å². The van der Waals surface area contributed by atoms with Crippen molar-refractivity contribution in [1.29, 1.82) is 0 Å². The fraction of sp³-hybridized carbons (Fsp3) is 0.267. The molecule has 2 aromatic carbocycles. The molecule has 0 aromatic heterocycles.